The van der Waals surface area contributed by atoms with Crippen LogP contribution in [0.25, 0.3) is 5.00 Å². The van der Waals surface area contributed by atoms with Gasteiger partial charge in [0.2, 0.25) is 0 Å². The van der Waals surface area contributed by atoms with Gasteiger partial charge in [0.05, 0.1) is 18.3 Å². The molecule has 0 radical (unpaired) electrons. The molecule has 2 amide bonds. The summed E-state index contributed by atoms with van der Waals surface area (Å²) in [6, 6.07) is 12.9. The summed E-state index contributed by atoms with van der Waals surface area (Å²) in [5.74, 6) is 0.569. The molecule has 1 unspecified atom stereocenters. The van der Waals surface area contributed by atoms with Crippen molar-refractivity contribution in [1.82, 2.24) is 14.8 Å². The molecule has 1 aromatic carbocycles. The molecule has 1 N–H and O–H groups in total. The maximum Gasteiger partial charge on any atom is 0.318 e. The molecule has 0 fully saturated rings. The van der Waals surface area contributed by atoms with Gasteiger partial charge in [-0.15, -0.1) is 11.3 Å². The maximum absolute atomic E-state index is 13.6. The predicted octanol–water partition coefficient (Wildman–Crippen LogP) is 6.39. The molecular weight excluding hydrogens is 414 g/mol. The highest BCUT2D eigenvalue weighted by Gasteiger charge is 2.35. The van der Waals surface area contributed by atoms with E-state index >= 15 is 0 Å². The van der Waals surface area contributed by atoms with Crippen molar-refractivity contribution in [3.63, 3.8) is 0 Å². The normalized spacial score (nSPS) is 17.5. The average Bonchev–Trinajstić information content (AvgIpc) is 3.36. The Morgan fingerprint density at radius 3 is 2.69 bits per heavy atom. The zero-order valence-corrected chi connectivity index (χ0v) is 20.2. The van der Waals surface area contributed by atoms with E-state index in [0.29, 0.717) is 19.0 Å². The molecule has 2 aromatic heterocycles. The number of hydrogen-bond acceptors (Lipinski definition) is 2. The van der Waals surface area contributed by atoms with Crippen LogP contribution in [0, 0.1) is 12.8 Å². The van der Waals surface area contributed by atoms with Gasteiger partial charge in [0.25, 0.3) is 0 Å². The lowest BCUT2D eigenvalue weighted by molar-refractivity contribution is 0.180. The van der Waals surface area contributed by atoms with Crippen LogP contribution in [0.2, 0.25) is 0 Å². The number of aromatic nitrogens is 1. The molecule has 4 nitrogen and oxygen atoms in total. The molecule has 5 rings (SSSR count). The molecule has 0 saturated carbocycles. The second kappa shape index (κ2) is 8.78. The van der Waals surface area contributed by atoms with E-state index in [1.54, 1.807) is 0 Å². The van der Waals surface area contributed by atoms with Gasteiger partial charge in [0.1, 0.15) is 5.00 Å². The molecule has 1 aliphatic heterocycles. The fraction of sp³-hybridized carbons (Fsp3) is 0.444. The molecule has 3 aromatic rings. The van der Waals surface area contributed by atoms with Gasteiger partial charge in [0, 0.05) is 23.2 Å². The van der Waals surface area contributed by atoms with Gasteiger partial charge in [-0.3, -0.25) is 0 Å². The van der Waals surface area contributed by atoms with Crippen molar-refractivity contribution in [3.05, 3.63) is 75.4 Å². The van der Waals surface area contributed by atoms with Gasteiger partial charge in [0.15, 0.2) is 0 Å². The topological polar surface area (TPSA) is 37.3 Å². The predicted molar refractivity (Wildman–Crippen MR) is 132 cm³/mol. The number of aryl methyl sites for hydroxylation is 2. The molecule has 168 valence electrons. The third-order valence-corrected chi connectivity index (χ3v) is 8.16. The quantitative estimate of drug-likeness (QED) is 0.494. The summed E-state index contributed by atoms with van der Waals surface area (Å²) >= 11 is 1.94. The number of nitrogens with zero attached hydrogens (tertiary/aromatic N) is 2. The van der Waals surface area contributed by atoms with Crippen molar-refractivity contribution in [1.29, 1.82) is 0 Å². The Kier molecular flexibility index (Phi) is 5.85. The smallest absolute Gasteiger partial charge is 0.318 e. The van der Waals surface area contributed by atoms with Crippen molar-refractivity contribution in [3.8, 4) is 5.00 Å². The molecule has 0 spiro atoms. The van der Waals surface area contributed by atoms with Crippen LogP contribution in [0.3, 0.4) is 0 Å². The summed E-state index contributed by atoms with van der Waals surface area (Å²) in [7, 11) is 0. The van der Waals surface area contributed by atoms with Gasteiger partial charge in [-0.1, -0.05) is 43.7 Å². The molecule has 32 heavy (non-hydrogen) atoms. The minimum absolute atomic E-state index is 0.0348. The van der Waals surface area contributed by atoms with E-state index in [9.17, 15) is 4.79 Å². The van der Waals surface area contributed by atoms with E-state index in [0.717, 1.165) is 12.8 Å². The van der Waals surface area contributed by atoms with Crippen molar-refractivity contribution in [2.24, 2.45) is 5.92 Å². The fourth-order valence-electron chi connectivity index (χ4n) is 5.06. The second-order valence-corrected chi connectivity index (χ2v) is 10.7. The number of rotatable bonds is 4. The van der Waals surface area contributed by atoms with Crippen molar-refractivity contribution in [2.45, 2.75) is 65.5 Å². The molecule has 0 bridgehead atoms. The number of thiophene rings is 1. The van der Waals surface area contributed by atoms with Crippen LogP contribution in [0.1, 0.15) is 72.0 Å². The molecule has 1 atom stereocenters. The monoisotopic (exact) mass is 447 g/mol. The Hall–Kier alpha value is -2.53. The van der Waals surface area contributed by atoms with Crippen LogP contribution in [-0.2, 0) is 19.4 Å². The number of benzene rings is 1. The van der Waals surface area contributed by atoms with Crippen LogP contribution in [-0.4, -0.2) is 22.0 Å². The first-order valence-electron chi connectivity index (χ1n) is 11.9. The highest BCUT2D eigenvalue weighted by molar-refractivity contribution is 7.15. The lowest BCUT2D eigenvalue weighted by Gasteiger charge is -2.31. The lowest BCUT2D eigenvalue weighted by atomic mass is 9.95. The zero-order valence-electron chi connectivity index (χ0n) is 19.4. The minimum Gasteiger partial charge on any atom is -0.338 e. The Balaban J connectivity index is 1.61. The number of nitrogens with one attached hydrogen (secondary N) is 1. The Morgan fingerprint density at radius 2 is 1.91 bits per heavy atom. The Labute approximate surface area is 195 Å². The van der Waals surface area contributed by atoms with Gasteiger partial charge >= 0.3 is 6.03 Å². The number of carbonyl (C=O) groups excluding carboxylic acids is 1. The summed E-state index contributed by atoms with van der Waals surface area (Å²) in [5.41, 5.74) is 6.43. The number of urea groups is 1. The van der Waals surface area contributed by atoms with E-state index in [1.165, 1.54) is 57.1 Å². The van der Waals surface area contributed by atoms with Crippen LogP contribution >= 0.6 is 11.3 Å². The standard InChI is InChI=1S/C27H33N3OS/c1-18(2)14-15-28-27(31)30-17-22-21-7-4-5-9-24(21)32-26(22)29-16-6-8-23(29)25(30)20-12-10-19(3)11-13-20/h6,8,10-13,16,18,25H,4-5,7,9,14-15,17H2,1-3H3,(H,28,31). The van der Waals surface area contributed by atoms with Crippen LogP contribution in [0.5, 0.6) is 0 Å². The summed E-state index contributed by atoms with van der Waals surface area (Å²) in [6.07, 6.45) is 8.00. The molecular formula is C27H33N3OS. The third-order valence-electron chi connectivity index (χ3n) is 6.83. The SMILES string of the molecule is Cc1ccc(C2c3cccn3-c3sc4c(c3CN2C(=O)NCCC(C)C)CCCC4)cc1. The van der Waals surface area contributed by atoms with Crippen LogP contribution < -0.4 is 5.32 Å². The number of amides is 2. The average molecular weight is 448 g/mol. The molecule has 5 heteroatoms. The summed E-state index contributed by atoms with van der Waals surface area (Å²) in [6.45, 7) is 7.88. The van der Waals surface area contributed by atoms with E-state index in [1.807, 2.05) is 11.3 Å². The molecule has 3 heterocycles. The van der Waals surface area contributed by atoms with Gasteiger partial charge in [-0.05, 0) is 68.2 Å². The highest BCUT2D eigenvalue weighted by atomic mass is 32.1. The summed E-state index contributed by atoms with van der Waals surface area (Å²) in [5, 5.41) is 4.54. The minimum atomic E-state index is -0.108. The first-order valence-corrected chi connectivity index (χ1v) is 12.8. The lowest BCUT2D eigenvalue weighted by Crippen LogP contribution is -2.42. The molecule has 1 aliphatic carbocycles. The maximum atomic E-state index is 13.6. The fourth-order valence-corrected chi connectivity index (χ4v) is 6.46. The van der Waals surface area contributed by atoms with Crippen LogP contribution in [0.4, 0.5) is 4.79 Å². The largest absolute Gasteiger partial charge is 0.338 e. The number of hydrogen-bond donors (Lipinski definition) is 1. The molecule has 0 saturated heterocycles. The summed E-state index contributed by atoms with van der Waals surface area (Å²) in [4.78, 5) is 17.2. The third kappa shape index (κ3) is 3.88. The molecule has 2 aliphatic rings. The Bertz CT molecular complexity index is 1110. The summed E-state index contributed by atoms with van der Waals surface area (Å²) < 4.78 is 2.35. The van der Waals surface area contributed by atoms with E-state index in [4.69, 9.17) is 0 Å². The van der Waals surface area contributed by atoms with E-state index < -0.39 is 0 Å². The first kappa shape index (κ1) is 21.3. The van der Waals surface area contributed by atoms with E-state index in [2.05, 4.69) is 78.2 Å². The van der Waals surface area contributed by atoms with Crippen molar-refractivity contribution >= 4 is 17.4 Å². The number of carbonyl (C=O) groups is 1. The van der Waals surface area contributed by atoms with E-state index in [-0.39, 0.29) is 12.1 Å². The second-order valence-electron chi connectivity index (χ2n) is 9.65. The first-order chi connectivity index (χ1) is 15.5. The van der Waals surface area contributed by atoms with Crippen LogP contribution in [0.15, 0.2) is 42.6 Å². The van der Waals surface area contributed by atoms with Gasteiger partial charge in [-0.2, -0.15) is 0 Å². The van der Waals surface area contributed by atoms with Crippen molar-refractivity contribution < 1.29 is 4.79 Å². The Morgan fingerprint density at radius 1 is 1.12 bits per heavy atom. The van der Waals surface area contributed by atoms with Crippen molar-refractivity contribution in [2.75, 3.05) is 6.54 Å². The zero-order chi connectivity index (χ0) is 22.2. The van der Waals surface area contributed by atoms with Gasteiger partial charge < -0.3 is 14.8 Å². The number of fused-ring (bicyclic) bond motifs is 5. The van der Waals surface area contributed by atoms with Gasteiger partial charge in [-0.25, -0.2) is 4.79 Å². The highest BCUT2D eigenvalue weighted by Crippen LogP contribution is 2.44.